The van der Waals surface area contributed by atoms with Crippen LogP contribution in [0, 0.1) is 0 Å². The number of rotatable bonds is 7. The van der Waals surface area contributed by atoms with Crippen LogP contribution < -0.4 is 5.73 Å². The fourth-order valence-corrected chi connectivity index (χ4v) is 1.94. The minimum atomic E-state index is -0.178. The third-order valence-corrected chi connectivity index (χ3v) is 3.14. The summed E-state index contributed by atoms with van der Waals surface area (Å²) in [7, 11) is 0. The van der Waals surface area contributed by atoms with Gasteiger partial charge in [0, 0.05) is 6.42 Å². The molecule has 1 atom stereocenters. The van der Waals surface area contributed by atoms with Gasteiger partial charge in [0.25, 0.3) is 0 Å². The third-order valence-electron chi connectivity index (χ3n) is 3.14. The molecule has 0 aliphatic carbocycles. The number of hydrogen-bond acceptors (Lipinski definition) is 4. The van der Waals surface area contributed by atoms with Crippen molar-refractivity contribution in [3.63, 3.8) is 0 Å². The summed E-state index contributed by atoms with van der Waals surface area (Å²) >= 11 is 0. The monoisotopic (exact) mass is 259 g/mol. The van der Waals surface area contributed by atoms with Gasteiger partial charge in [0.15, 0.2) is 5.82 Å². The first-order valence-corrected chi connectivity index (χ1v) is 6.91. The summed E-state index contributed by atoms with van der Waals surface area (Å²) in [6, 6.07) is 10.1. The Balaban J connectivity index is 1.85. The van der Waals surface area contributed by atoms with Gasteiger partial charge in [0.1, 0.15) is 0 Å². The Labute approximate surface area is 114 Å². The van der Waals surface area contributed by atoms with Crippen LogP contribution >= 0.6 is 0 Å². The van der Waals surface area contributed by atoms with Crippen molar-refractivity contribution in [2.24, 2.45) is 5.73 Å². The zero-order valence-corrected chi connectivity index (χ0v) is 11.4. The Kier molecular flexibility index (Phi) is 5.10. The predicted molar refractivity (Wildman–Crippen MR) is 74.6 cm³/mol. The first-order valence-electron chi connectivity index (χ1n) is 6.91. The Morgan fingerprint density at radius 3 is 2.74 bits per heavy atom. The van der Waals surface area contributed by atoms with Gasteiger partial charge in [0.05, 0.1) is 6.04 Å². The zero-order valence-electron chi connectivity index (χ0n) is 11.4. The van der Waals surface area contributed by atoms with Crippen LogP contribution in [-0.4, -0.2) is 10.1 Å². The maximum atomic E-state index is 6.09. The lowest BCUT2D eigenvalue weighted by atomic mass is 10.1. The molecule has 0 saturated carbocycles. The van der Waals surface area contributed by atoms with Crippen LogP contribution in [0.2, 0.25) is 0 Å². The molecule has 2 rings (SSSR count). The highest BCUT2D eigenvalue weighted by molar-refractivity contribution is 5.15. The van der Waals surface area contributed by atoms with E-state index in [1.54, 1.807) is 0 Å². The summed E-state index contributed by atoms with van der Waals surface area (Å²) in [5, 5.41) is 3.96. The van der Waals surface area contributed by atoms with Crippen LogP contribution in [0.1, 0.15) is 49.5 Å². The smallest absolute Gasteiger partial charge is 0.243 e. The Hall–Kier alpha value is -1.68. The van der Waals surface area contributed by atoms with E-state index in [0.717, 1.165) is 37.9 Å². The van der Waals surface area contributed by atoms with Crippen molar-refractivity contribution in [1.82, 2.24) is 10.1 Å². The van der Waals surface area contributed by atoms with Crippen molar-refractivity contribution in [1.29, 1.82) is 0 Å². The van der Waals surface area contributed by atoms with E-state index in [1.165, 1.54) is 5.56 Å². The molecule has 4 nitrogen and oxygen atoms in total. The average Bonchev–Trinajstić information content (AvgIpc) is 2.92. The molecule has 19 heavy (non-hydrogen) atoms. The summed E-state index contributed by atoms with van der Waals surface area (Å²) in [6.45, 7) is 2.15. The maximum absolute atomic E-state index is 6.09. The Morgan fingerprint density at radius 1 is 1.21 bits per heavy atom. The highest BCUT2D eigenvalue weighted by Crippen LogP contribution is 2.15. The number of nitrogens with zero attached hydrogens (tertiary/aromatic N) is 2. The van der Waals surface area contributed by atoms with Gasteiger partial charge >= 0.3 is 0 Å². The summed E-state index contributed by atoms with van der Waals surface area (Å²) in [6.07, 6.45) is 4.82. The number of benzene rings is 1. The second-order valence-electron chi connectivity index (χ2n) is 4.78. The molecule has 0 aliphatic rings. The first-order chi connectivity index (χ1) is 9.29. The number of aromatic nitrogens is 2. The van der Waals surface area contributed by atoms with Crippen LogP contribution in [0.25, 0.3) is 0 Å². The van der Waals surface area contributed by atoms with Crippen LogP contribution in [0.5, 0.6) is 0 Å². The highest BCUT2D eigenvalue weighted by Gasteiger charge is 2.14. The minimum absolute atomic E-state index is 0.178. The molecule has 0 saturated heterocycles. The van der Waals surface area contributed by atoms with E-state index >= 15 is 0 Å². The molecule has 1 unspecified atom stereocenters. The standard InChI is InChI=1S/C15H21N3O/c1-2-3-9-14-17-15(19-18-14)13(16)11-10-12-7-5-4-6-8-12/h4-8,13H,2-3,9-11,16H2,1H3. The molecule has 0 fully saturated rings. The molecular formula is C15H21N3O. The van der Waals surface area contributed by atoms with Crippen LogP contribution in [0.3, 0.4) is 0 Å². The number of unbranched alkanes of at least 4 members (excludes halogenated alkanes) is 1. The van der Waals surface area contributed by atoms with E-state index in [4.69, 9.17) is 10.3 Å². The van der Waals surface area contributed by atoms with Gasteiger partial charge in [0.2, 0.25) is 5.89 Å². The molecule has 4 heteroatoms. The van der Waals surface area contributed by atoms with E-state index in [-0.39, 0.29) is 6.04 Å². The number of hydrogen-bond donors (Lipinski definition) is 1. The zero-order chi connectivity index (χ0) is 13.5. The summed E-state index contributed by atoms with van der Waals surface area (Å²) < 4.78 is 5.23. The van der Waals surface area contributed by atoms with Gasteiger partial charge in [-0.15, -0.1) is 0 Å². The second kappa shape index (κ2) is 7.04. The lowest BCUT2D eigenvalue weighted by Crippen LogP contribution is -2.12. The molecule has 1 aromatic heterocycles. The molecule has 0 aliphatic heterocycles. The van der Waals surface area contributed by atoms with Crippen molar-refractivity contribution < 1.29 is 4.52 Å². The fraction of sp³-hybridized carbons (Fsp3) is 0.467. The quantitative estimate of drug-likeness (QED) is 0.830. The normalized spacial score (nSPS) is 12.5. The number of aryl methyl sites for hydroxylation is 2. The molecule has 2 aromatic rings. The summed E-state index contributed by atoms with van der Waals surface area (Å²) in [5.74, 6) is 1.33. The van der Waals surface area contributed by atoms with Crippen molar-refractivity contribution >= 4 is 0 Å². The van der Waals surface area contributed by atoms with Crippen molar-refractivity contribution in [3.05, 3.63) is 47.6 Å². The molecular weight excluding hydrogens is 238 g/mol. The lowest BCUT2D eigenvalue weighted by Gasteiger charge is -2.06. The van der Waals surface area contributed by atoms with Gasteiger partial charge in [-0.3, -0.25) is 0 Å². The first kappa shape index (κ1) is 13.7. The highest BCUT2D eigenvalue weighted by atomic mass is 16.5. The molecule has 1 heterocycles. The number of nitrogens with two attached hydrogens (primary N) is 1. The predicted octanol–water partition coefficient (Wildman–Crippen LogP) is 3.04. The van der Waals surface area contributed by atoms with Crippen LogP contribution in [-0.2, 0) is 12.8 Å². The average molecular weight is 259 g/mol. The molecule has 1 aromatic carbocycles. The van der Waals surface area contributed by atoms with Gasteiger partial charge in [-0.05, 0) is 24.8 Å². The van der Waals surface area contributed by atoms with E-state index in [9.17, 15) is 0 Å². The molecule has 0 bridgehead atoms. The minimum Gasteiger partial charge on any atom is -0.338 e. The van der Waals surface area contributed by atoms with E-state index < -0.39 is 0 Å². The molecule has 2 N–H and O–H groups in total. The van der Waals surface area contributed by atoms with Crippen molar-refractivity contribution in [3.8, 4) is 0 Å². The molecule has 0 radical (unpaired) electrons. The van der Waals surface area contributed by atoms with E-state index in [1.807, 2.05) is 18.2 Å². The van der Waals surface area contributed by atoms with Crippen LogP contribution in [0.15, 0.2) is 34.9 Å². The largest absolute Gasteiger partial charge is 0.338 e. The molecule has 0 amide bonds. The van der Waals surface area contributed by atoms with E-state index in [2.05, 4.69) is 29.2 Å². The van der Waals surface area contributed by atoms with Crippen molar-refractivity contribution in [2.75, 3.05) is 0 Å². The van der Waals surface area contributed by atoms with Crippen molar-refractivity contribution in [2.45, 2.75) is 45.1 Å². The summed E-state index contributed by atoms with van der Waals surface area (Å²) in [5.41, 5.74) is 7.37. The Bertz CT molecular complexity index is 481. The summed E-state index contributed by atoms with van der Waals surface area (Å²) in [4.78, 5) is 4.36. The SMILES string of the molecule is CCCCc1noc(C(N)CCc2ccccc2)n1. The van der Waals surface area contributed by atoms with Gasteiger partial charge in [-0.2, -0.15) is 4.98 Å². The second-order valence-corrected chi connectivity index (χ2v) is 4.78. The molecule has 102 valence electrons. The topological polar surface area (TPSA) is 64.9 Å². The fourth-order valence-electron chi connectivity index (χ4n) is 1.94. The van der Waals surface area contributed by atoms with Gasteiger partial charge in [-0.25, -0.2) is 0 Å². The maximum Gasteiger partial charge on any atom is 0.243 e. The van der Waals surface area contributed by atoms with Gasteiger partial charge in [-0.1, -0.05) is 48.8 Å². The third kappa shape index (κ3) is 4.17. The van der Waals surface area contributed by atoms with Gasteiger partial charge < -0.3 is 10.3 Å². The Morgan fingerprint density at radius 2 is 2.00 bits per heavy atom. The lowest BCUT2D eigenvalue weighted by molar-refractivity contribution is 0.345. The molecule has 0 spiro atoms. The van der Waals surface area contributed by atoms with Crippen LogP contribution in [0.4, 0.5) is 0 Å². The van der Waals surface area contributed by atoms with E-state index in [0.29, 0.717) is 5.89 Å².